The Morgan fingerprint density at radius 2 is 1.82 bits per heavy atom. The highest BCUT2D eigenvalue weighted by Gasteiger charge is 2.24. The van der Waals surface area contributed by atoms with E-state index in [1.807, 2.05) is 13.8 Å². The maximum Gasteiger partial charge on any atom is 0.241 e. The molecule has 5 nitrogen and oxygen atoms in total. The first-order chi connectivity index (χ1) is 10.2. The van der Waals surface area contributed by atoms with Crippen LogP contribution in [-0.2, 0) is 14.8 Å². The van der Waals surface area contributed by atoms with Gasteiger partial charge in [0.25, 0.3) is 0 Å². The predicted octanol–water partition coefficient (Wildman–Crippen LogP) is 2.53. The molecule has 0 bridgehead atoms. The summed E-state index contributed by atoms with van der Waals surface area (Å²) in [6.45, 7) is 9.02. The van der Waals surface area contributed by atoms with E-state index in [0.717, 1.165) is 0 Å². The molecule has 0 aliphatic carbocycles. The monoisotopic (exact) mass is 325 g/mol. The molecule has 0 saturated heterocycles. The molecule has 0 amide bonds. The van der Waals surface area contributed by atoms with Gasteiger partial charge in [0.15, 0.2) is 5.78 Å². The van der Waals surface area contributed by atoms with Crippen molar-refractivity contribution in [3.63, 3.8) is 0 Å². The van der Waals surface area contributed by atoms with Crippen LogP contribution in [-0.4, -0.2) is 27.4 Å². The molecule has 0 heterocycles. The maximum absolute atomic E-state index is 12.4. The van der Waals surface area contributed by atoms with Gasteiger partial charge in [0.05, 0.1) is 18.0 Å². The quantitative estimate of drug-likeness (QED) is 0.746. The molecule has 1 atom stereocenters. The minimum atomic E-state index is -3.73. The Balaban J connectivity index is 3.03. The van der Waals surface area contributed by atoms with E-state index in [4.69, 9.17) is 4.74 Å². The third kappa shape index (κ3) is 4.96. The number of nitrogens with one attached hydrogen (secondary N) is 1. The summed E-state index contributed by atoms with van der Waals surface area (Å²) in [7, 11) is -2.22. The predicted molar refractivity (Wildman–Crippen MR) is 86.4 cm³/mol. The molecule has 0 unspecified atom stereocenters. The smallest absolute Gasteiger partial charge is 0.241 e. The van der Waals surface area contributed by atoms with E-state index < -0.39 is 16.1 Å². The average molecular weight is 325 g/mol. The van der Waals surface area contributed by atoms with Crippen molar-refractivity contribution >= 4 is 15.8 Å². The summed E-state index contributed by atoms with van der Waals surface area (Å²) in [6, 6.07) is 5.47. The lowest BCUT2D eigenvalue weighted by molar-refractivity contribution is -0.113. The van der Waals surface area contributed by atoms with E-state index in [1.165, 1.54) is 26.2 Å². The summed E-state index contributed by atoms with van der Waals surface area (Å²) in [5.41, 5.74) is 0.269. The zero-order valence-electron chi connectivity index (χ0n) is 13.4. The summed E-state index contributed by atoms with van der Waals surface area (Å²) >= 11 is 0. The van der Waals surface area contributed by atoms with Gasteiger partial charge in [-0.25, -0.2) is 13.1 Å². The van der Waals surface area contributed by atoms with Crippen molar-refractivity contribution in [2.75, 3.05) is 7.11 Å². The number of sulfonamides is 1. The van der Waals surface area contributed by atoms with Crippen molar-refractivity contribution in [2.24, 2.45) is 5.92 Å². The Hall–Kier alpha value is -1.66. The molecule has 0 saturated carbocycles. The molecule has 0 spiro atoms. The van der Waals surface area contributed by atoms with Crippen molar-refractivity contribution < 1.29 is 17.9 Å². The SMILES string of the molecule is C=C(C(C)=O)[C@H](CC(C)C)NS(=O)(=O)c1ccc(OC)cc1. The third-order valence-corrected chi connectivity index (χ3v) is 4.73. The van der Waals surface area contributed by atoms with Crippen molar-refractivity contribution in [1.29, 1.82) is 0 Å². The first kappa shape index (κ1) is 18.4. The molecule has 0 aliphatic rings. The molecule has 0 fully saturated rings. The van der Waals surface area contributed by atoms with Crippen molar-refractivity contribution in [1.82, 2.24) is 4.72 Å². The molecule has 1 aromatic rings. The number of carbonyl (C=O) groups is 1. The number of benzene rings is 1. The Bertz CT molecular complexity index is 633. The molecule has 22 heavy (non-hydrogen) atoms. The molecule has 0 aliphatic heterocycles. The minimum absolute atomic E-state index is 0.124. The Labute approximate surface area is 132 Å². The van der Waals surface area contributed by atoms with Crippen LogP contribution in [0.2, 0.25) is 0 Å². The lowest BCUT2D eigenvalue weighted by Crippen LogP contribution is -2.38. The van der Waals surface area contributed by atoms with Crippen LogP contribution < -0.4 is 9.46 Å². The normalized spacial score (nSPS) is 13.0. The number of rotatable bonds is 8. The van der Waals surface area contributed by atoms with Gasteiger partial charge in [-0.3, -0.25) is 4.79 Å². The fourth-order valence-electron chi connectivity index (χ4n) is 1.99. The first-order valence-electron chi connectivity index (χ1n) is 7.03. The second-order valence-corrected chi connectivity index (χ2v) is 7.27. The topological polar surface area (TPSA) is 72.5 Å². The molecule has 0 radical (unpaired) electrons. The highest BCUT2D eigenvalue weighted by molar-refractivity contribution is 7.89. The minimum Gasteiger partial charge on any atom is -0.497 e. The average Bonchev–Trinajstić information content (AvgIpc) is 2.45. The summed E-state index contributed by atoms with van der Waals surface area (Å²) < 4.78 is 32.5. The summed E-state index contributed by atoms with van der Waals surface area (Å²) in [6.07, 6.45) is 0.508. The van der Waals surface area contributed by atoms with Crippen LogP contribution in [0.4, 0.5) is 0 Å². The van der Waals surface area contributed by atoms with E-state index in [1.54, 1.807) is 12.1 Å². The molecule has 1 N–H and O–H groups in total. The summed E-state index contributed by atoms with van der Waals surface area (Å²) in [5.74, 6) is 0.577. The highest BCUT2D eigenvalue weighted by Crippen LogP contribution is 2.19. The highest BCUT2D eigenvalue weighted by atomic mass is 32.2. The fourth-order valence-corrected chi connectivity index (χ4v) is 3.23. The lowest BCUT2D eigenvalue weighted by Gasteiger charge is -2.21. The number of ether oxygens (including phenoxy) is 1. The third-order valence-electron chi connectivity index (χ3n) is 3.25. The van der Waals surface area contributed by atoms with E-state index in [-0.39, 0.29) is 22.2 Å². The molecular weight excluding hydrogens is 302 g/mol. The second-order valence-electron chi connectivity index (χ2n) is 5.56. The van der Waals surface area contributed by atoms with Crippen LogP contribution in [0.25, 0.3) is 0 Å². The van der Waals surface area contributed by atoms with E-state index in [9.17, 15) is 13.2 Å². The van der Waals surface area contributed by atoms with Crippen molar-refractivity contribution in [3.8, 4) is 5.75 Å². The van der Waals surface area contributed by atoms with Crippen LogP contribution >= 0.6 is 0 Å². The molecule has 1 aromatic carbocycles. The van der Waals surface area contributed by atoms with Gasteiger partial charge in [0, 0.05) is 5.57 Å². The number of hydrogen-bond donors (Lipinski definition) is 1. The van der Waals surface area contributed by atoms with Gasteiger partial charge < -0.3 is 4.74 Å². The van der Waals surface area contributed by atoms with Crippen LogP contribution in [0.1, 0.15) is 27.2 Å². The first-order valence-corrected chi connectivity index (χ1v) is 8.51. The standard InChI is InChI=1S/C16H23NO4S/c1-11(2)10-16(12(3)13(4)18)17-22(19,20)15-8-6-14(21-5)7-9-15/h6-9,11,16-17H,3,10H2,1-2,4-5H3/t16-/m0/s1. The van der Waals surface area contributed by atoms with Gasteiger partial charge in [0.1, 0.15) is 5.75 Å². The van der Waals surface area contributed by atoms with Crippen LogP contribution in [0, 0.1) is 5.92 Å². The number of ketones is 1. The van der Waals surface area contributed by atoms with E-state index in [2.05, 4.69) is 11.3 Å². The summed E-state index contributed by atoms with van der Waals surface area (Å²) in [4.78, 5) is 11.6. The Morgan fingerprint density at radius 3 is 2.23 bits per heavy atom. The molecule has 122 valence electrons. The number of methoxy groups -OCH3 is 1. The van der Waals surface area contributed by atoms with Crippen molar-refractivity contribution in [3.05, 3.63) is 36.4 Å². The maximum atomic E-state index is 12.4. The number of carbonyl (C=O) groups excluding carboxylic acids is 1. The van der Waals surface area contributed by atoms with Crippen LogP contribution in [0.5, 0.6) is 5.75 Å². The number of hydrogen-bond acceptors (Lipinski definition) is 4. The lowest BCUT2D eigenvalue weighted by atomic mass is 9.97. The van der Waals surface area contributed by atoms with Crippen molar-refractivity contribution in [2.45, 2.75) is 38.1 Å². The van der Waals surface area contributed by atoms with Gasteiger partial charge >= 0.3 is 0 Å². The summed E-state index contributed by atoms with van der Waals surface area (Å²) in [5, 5.41) is 0. The molecule has 1 rings (SSSR count). The zero-order chi connectivity index (χ0) is 16.9. The van der Waals surface area contributed by atoms with Gasteiger partial charge in [-0.15, -0.1) is 0 Å². The zero-order valence-corrected chi connectivity index (χ0v) is 14.2. The van der Waals surface area contributed by atoms with E-state index in [0.29, 0.717) is 12.2 Å². The van der Waals surface area contributed by atoms with E-state index >= 15 is 0 Å². The van der Waals surface area contributed by atoms with Crippen LogP contribution in [0.3, 0.4) is 0 Å². The second kappa shape index (κ2) is 7.56. The molecular formula is C16H23NO4S. The fraction of sp³-hybridized carbons (Fsp3) is 0.438. The van der Waals surface area contributed by atoms with Gasteiger partial charge in [-0.1, -0.05) is 20.4 Å². The molecule has 6 heteroatoms. The number of Topliss-reactive ketones (excluding diaryl/α,β-unsaturated/α-hetero) is 1. The van der Waals surface area contributed by atoms with Crippen LogP contribution in [0.15, 0.2) is 41.3 Å². The Morgan fingerprint density at radius 1 is 1.27 bits per heavy atom. The van der Waals surface area contributed by atoms with Gasteiger partial charge in [-0.05, 0) is 43.5 Å². The van der Waals surface area contributed by atoms with Gasteiger partial charge in [-0.2, -0.15) is 0 Å². The largest absolute Gasteiger partial charge is 0.497 e. The molecule has 0 aromatic heterocycles. The van der Waals surface area contributed by atoms with Gasteiger partial charge in [0.2, 0.25) is 10.0 Å². The Kier molecular flexibility index (Phi) is 6.32.